The lowest BCUT2D eigenvalue weighted by molar-refractivity contribution is 0.179. The number of hydrogen-bond donors (Lipinski definition) is 2. The summed E-state index contributed by atoms with van der Waals surface area (Å²) in [6.07, 6.45) is 0.902. The molecule has 1 aromatic carbocycles. The summed E-state index contributed by atoms with van der Waals surface area (Å²) >= 11 is 0. The normalized spacial score (nSPS) is 12.5. The standard InChI is InChI=1S/C19H33N3O2.HI/c1-6-20-19(22-16(4)14-23-5)21-12-11-17-7-9-18(10-8-17)24-13-15(2)3;/h7-10,15-16H,6,11-14H2,1-5H3,(H2,20,21,22);1H. The van der Waals surface area contributed by atoms with E-state index in [2.05, 4.69) is 55.5 Å². The Kier molecular flexibility index (Phi) is 13.6. The van der Waals surface area contributed by atoms with E-state index in [1.54, 1.807) is 7.11 Å². The van der Waals surface area contributed by atoms with Crippen molar-refractivity contribution < 1.29 is 9.47 Å². The van der Waals surface area contributed by atoms with E-state index in [0.717, 1.165) is 37.8 Å². The van der Waals surface area contributed by atoms with Crippen LogP contribution in [0.25, 0.3) is 0 Å². The lowest BCUT2D eigenvalue weighted by Crippen LogP contribution is -2.44. The summed E-state index contributed by atoms with van der Waals surface area (Å²) in [5.74, 6) is 2.30. The molecular weight excluding hydrogens is 429 g/mol. The number of benzene rings is 1. The lowest BCUT2D eigenvalue weighted by atomic mass is 10.1. The van der Waals surface area contributed by atoms with Gasteiger partial charge in [0.15, 0.2) is 5.96 Å². The number of rotatable bonds is 10. The van der Waals surface area contributed by atoms with Crippen LogP contribution < -0.4 is 15.4 Å². The van der Waals surface area contributed by atoms with Crippen molar-refractivity contribution in [1.29, 1.82) is 0 Å². The quantitative estimate of drug-likeness (QED) is 0.317. The summed E-state index contributed by atoms with van der Waals surface area (Å²) in [6, 6.07) is 8.51. The van der Waals surface area contributed by atoms with Crippen molar-refractivity contribution in [1.82, 2.24) is 10.6 Å². The molecule has 1 aromatic rings. The van der Waals surface area contributed by atoms with Gasteiger partial charge in [0.2, 0.25) is 0 Å². The van der Waals surface area contributed by atoms with Crippen LogP contribution >= 0.6 is 24.0 Å². The Morgan fingerprint density at radius 3 is 2.36 bits per heavy atom. The Hall–Kier alpha value is -1.02. The molecule has 5 nitrogen and oxygen atoms in total. The van der Waals surface area contributed by atoms with E-state index < -0.39 is 0 Å². The van der Waals surface area contributed by atoms with E-state index in [9.17, 15) is 0 Å². The third-order valence-electron chi connectivity index (χ3n) is 3.32. The van der Waals surface area contributed by atoms with E-state index in [1.165, 1.54) is 5.56 Å². The minimum absolute atomic E-state index is 0. The molecule has 0 saturated heterocycles. The molecule has 0 bridgehead atoms. The van der Waals surface area contributed by atoms with E-state index in [4.69, 9.17) is 9.47 Å². The molecule has 25 heavy (non-hydrogen) atoms. The number of methoxy groups -OCH3 is 1. The summed E-state index contributed by atoms with van der Waals surface area (Å²) in [6.45, 7) is 11.4. The fraction of sp³-hybridized carbons (Fsp3) is 0.632. The largest absolute Gasteiger partial charge is 0.493 e. The van der Waals surface area contributed by atoms with Crippen molar-refractivity contribution in [3.63, 3.8) is 0 Å². The topological polar surface area (TPSA) is 54.9 Å². The molecule has 0 heterocycles. The summed E-state index contributed by atoms with van der Waals surface area (Å²) < 4.78 is 10.8. The highest BCUT2D eigenvalue weighted by Gasteiger charge is 2.04. The molecular formula is C19H34IN3O2. The molecule has 0 aliphatic rings. The van der Waals surface area contributed by atoms with Crippen LogP contribution in [0.2, 0.25) is 0 Å². The predicted octanol–water partition coefficient (Wildman–Crippen LogP) is 3.47. The molecule has 1 atom stereocenters. The van der Waals surface area contributed by atoms with Crippen LogP contribution in [0.5, 0.6) is 5.75 Å². The highest BCUT2D eigenvalue weighted by atomic mass is 127. The highest BCUT2D eigenvalue weighted by Crippen LogP contribution is 2.13. The zero-order valence-electron chi connectivity index (χ0n) is 16.2. The number of nitrogens with zero attached hydrogens (tertiary/aromatic N) is 1. The van der Waals surface area contributed by atoms with Crippen LogP contribution in [0.1, 0.15) is 33.3 Å². The number of aliphatic imine (C=N–C) groups is 1. The third kappa shape index (κ3) is 11.3. The second-order valence-electron chi connectivity index (χ2n) is 6.36. The van der Waals surface area contributed by atoms with Crippen molar-refractivity contribution in [3.05, 3.63) is 29.8 Å². The smallest absolute Gasteiger partial charge is 0.191 e. The molecule has 0 aromatic heterocycles. The molecule has 0 aliphatic carbocycles. The van der Waals surface area contributed by atoms with Gasteiger partial charge in [0.1, 0.15) is 5.75 Å². The van der Waals surface area contributed by atoms with Gasteiger partial charge in [0.25, 0.3) is 0 Å². The second-order valence-corrected chi connectivity index (χ2v) is 6.36. The van der Waals surface area contributed by atoms with Gasteiger partial charge in [-0.15, -0.1) is 24.0 Å². The molecule has 0 amide bonds. The Balaban J connectivity index is 0.00000576. The number of ether oxygens (including phenoxy) is 2. The van der Waals surface area contributed by atoms with Crippen molar-refractivity contribution in [3.8, 4) is 5.75 Å². The molecule has 2 N–H and O–H groups in total. The van der Waals surface area contributed by atoms with Gasteiger partial charge in [-0.3, -0.25) is 4.99 Å². The van der Waals surface area contributed by atoms with Gasteiger partial charge in [0, 0.05) is 26.2 Å². The van der Waals surface area contributed by atoms with Gasteiger partial charge in [-0.05, 0) is 43.9 Å². The number of nitrogens with one attached hydrogen (secondary N) is 2. The summed E-state index contributed by atoms with van der Waals surface area (Å²) in [4.78, 5) is 4.62. The van der Waals surface area contributed by atoms with Crippen LogP contribution in [0.3, 0.4) is 0 Å². The molecule has 144 valence electrons. The molecule has 0 radical (unpaired) electrons. The third-order valence-corrected chi connectivity index (χ3v) is 3.32. The maximum atomic E-state index is 5.70. The number of guanidine groups is 1. The second kappa shape index (κ2) is 14.2. The van der Waals surface area contributed by atoms with E-state index in [-0.39, 0.29) is 30.0 Å². The van der Waals surface area contributed by atoms with E-state index in [1.807, 2.05) is 12.1 Å². The first-order chi connectivity index (χ1) is 11.5. The van der Waals surface area contributed by atoms with Gasteiger partial charge in [-0.25, -0.2) is 0 Å². The molecule has 6 heteroatoms. The summed E-state index contributed by atoms with van der Waals surface area (Å²) in [5, 5.41) is 6.59. The molecule has 0 saturated carbocycles. The van der Waals surface area contributed by atoms with Crippen LogP contribution in [-0.2, 0) is 11.2 Å². The van der Waals surface area contributed by atoms with E-state index in [0.29, 0.717) is 12.5 Å². The van der Waals surface area contributed by atoms with Crippen molar-refractivity contribution in [2.24, 2.45) is 10.9 Å². The minimum atomic E-state index is 0. The van der Waals surface area contributed by atoms with Gasteiger partial charge < -0.3 is 20.1 Å². The zero-order valence-corrected chi connectivity index (χ0v) is 18.5. The van der Waals surface area contributed by atoms with Gasteiger partial charge in [-0.2, -0.15) is 0 Å². The van der Waals surface area contributed by atoms with Gasteiger partial charge in [0.05, 0.1) is 13.2 Å². The Labute approximate surface area is 170 Å². The molecule has 0 spiro atoms. The average molecular weight is 463 g/mol. The van der Waals surface area contributed by atoms with Crippen molar-refractivity contribution in [2.75, 3.05) is 33.4 Å². The van der Waals surface area contributed by atoms with E-state index >= 15 is 0 Å². The van der Waals surface area contributed by atoms with Gasteiger partial charge in [-0.1, -0.05) is 26.0 Å². The average Bonchev–Trinajstić information content (AvgIpc) is 2.54. The van der Waals surface area contributed by atoms with Crippen LogP contribution in [0.4, 0.5) is 0 Å². The fourth-order valence-corrected chi connectivity index (χ4v) is 2.16. The number of halogens is 1. The van der Waals surface area contributed by atoms with Crippen LogP contribution in [0, 0.1) is 5.92 Å². The van der Waals surface area contributed by atoms with Crippen molar-refractivity contribution >= 4 is 29.9 Å². The lowest BCUT2D eigenvalue weighted by Gasteiger charge is -2.17. The predicted molar refractivity (Wildman–Crippen MR) is 116 cm³/mol. The molecule has 0 fully saturated rings. The first-order valence-electron chi connectivity index (χ1n) is 8.80. The zero-order chi connectivity index (χ0) is 17.8. The Bertz CT molecular complexity index is 478. The summed E-state index contributed by atoms with van der Waals surface area (Å²) in [7, 11) is 1.71. The maximum Gasteiger partial charge on any atom is 0.191 e. The van der Waals surface area contributed by atoms with Crippen LogP contribution in [0.15, 0.2) is 29.3 Å². The monoisotopic (exact) mass is 463 g/mol. The highest BCUT2D eigenvalue weighted by molar-refractivity contribution is 14.0. The maximum absolute atomic E-state index is 5.70. The van der Waals surface area contributed by atoms with Gasteiger partial charge >= 0.3 is 0 Å². The summed E-state index contributed by atoms with van der Waals surface area (Å²) in [5.41, 5.74) is 1.26. The Morgan fingerprint density at radius 2 is 1.80 bits per heavy atom. The SMILES string of the molecule is CCNC(=NCCc1ccc(OCC(C)C)cc1)NC(C)COC.I. The number of hydrogen-bond acceptors (Lipinski definition) is 3. The first kappa shape index (κ1) is 24.0. The molecule has 0 aliphatic heterocycles. The van der Waals surface area contributed by atoms with Crippen molar-refractivity contribution in [2.45, 2.75) is 40.2 Å². The molecule has 1 unspecified atom stereocenters. The fourth-order valence-electron chi connectivity index (χ4n) is 2.16. The Morgan fingerprint density at radius 1 is 1.12 bits per heavy atom. The molecule has 1 rings (SSSR count). The van der Waals surface area contributed by atoms with Crippen LogP contribution in [-0.4, -0.2) is 45.4 Å². The minimum Gasteiger partial charge on any atom is -0.493 e. The first-order valence-corrected chi connectivity index (χ1v) is 8.80.